The van der Waals surface area contributed by atoms with Crippen LogP contribution in [0.2, 0.25) is 0 Å². The highest BCUT2D eigenvalue weighted by Gasteiger charge is 2.61. The van der Waals surface area contributed by atoms with Crippen LogP contribution in [0.1, 0.15) is 43.2 Å². The second kappa shape index (κ2) is 9.20. The van der Waals surface area contributed by atoms with Crippen LogP contribution in [0.15, 0.2) is 133 Å². The van der Waals surface area contributed by atoms with Crippen molar-refractivity contribution in [2.75, 3.05) is 0 Å². The Hall–Kier alpha value is -4.68. The molecule has 12 rings (SSSR count). The van der Waals surface area contributed by atoms with E-state index in [1.54, 1.807) is 11.1 Å². The fourth-order valence-electron chi connectivity index (χ4n) is 11.5. The molecule has 5 aliphatic carbocycles. The van der Waals surface area contributed by atoms with Gasteiger partial charge in [0.15, 0.2) is 0 Å². The summed E-state index contributed by atoms with van der Waals surface area (Å²) in [6.07, 6.45) is 7.09. The van der Waals surface area contributed by atoms with Crippen LogP contribution in [-0.4, -0.2) is 0 Å². The lowest BCUT2D eigenvalue weighted by molar-refractivity contribution is -0.0398. The van der Waals surface area contributed by atoms with E-state index in [2.05, 4.69) is 133 Å². The maximum Gasteiger partial charge on any atom is 0.0272 e. The molecule has 0 N–H and O–H groups in total. The van der Waals surface area contributed by atoms with Gasteiger partial charge in [-0.1, -0.05) is 121 Å². The zero-order valence-corrected chi connectivity index (χ0v) is 26.0. The molecule has 1 spiro atoms. The highest BCUT2D eigenvalue weighted by atomic mass is 14.6. The zero-order chi connectivity index (χ0) is 30.0. The molecule has 0 atom stereocenters. The molecule has 0 aromatic heterocycles. The quantitative estimate of drug-likeness (QED) is 0.176. The molecule has 0 unspecified atom stereocenters. The fourth-order valence-corrected chi connectivity index (χ4v) is 11.5. The van der Waals surface area contributed by atoms with Crippen molar-refractivity contribution < 1.29 is 0 Å². The van der Waals surface area contributed by atoms with Gasteiger partial charge in [0.25, 0.3) is 0 Å². The Morgan fingerprint density at radius 2 is 0.935 bits per heavy atom. The molecule has 7 aromatic rings. The van der Waals surface area contributed by atoms with Crippen LogP contribution >= 0.6 is 0 Å². The first-order valence-corrected chi connectivity index (χ1v) is 17.5. The van der Waals surface area contributed by atoms with Crippen LogP contribution in [0, 0.1) is 23.7 Å². The minimum atomic E-state index is 0.133. The normalized spacial score (nSPS) is 25.5. The van der Waals surface area contributed by atoms with Gasteiger partial charge >= 0.3 is 0 Å². The van der Waals surface area contributed by atoms with Crippen molar-refractivity contribution in [3.8, 4) is 33.4 Å². The Kier molecular flexibility index (Phi) is 5.10. The molecule has 220 valence electrons. The van der Waals surface area contributed by atoms with E-state index >= 15 is 0 Å². The highest BCUT2D eigenvalue weighted by molar-refractivity contribution is 6.23. The van der Waals surface area contributed by atoms with Crippen molar-refractivity contribution in [3.05, 3.63) is 145 Å². The third-order valence-corrected chi connectivity index (χ3v) is 12.8. The van der Waals surface area contributed by atoms with Gasteiger partial charge in [-0.2, -0.15) is 0 Å². The topological polar surface area (TPSA) is 0 Å². The molecule has 0 amide bonds. The summed E-state index contributed by atoms with van der Waals surface area (Å²) in [7, 11) is 0. The summed E-state index contributed by atoms with van der Waals surface area (Å²) in [5.41, 5.74) is 11.8. The maximum atomic E-state index is 2.63. The van der Waals surface area contributed by atoms with Crippen LogP contribution in [0.5, 0.6) is 0 Å². The molecular formula is C46H36. The summed E-state index contributed by atoms with van der Waals surface area (Å²) in [6, 6.07) is 51.0. The minimum Gasteiger partial charge on any atom is -0.0622 e. The highest BCUT2D eigenvalue weighted by Crippen LogP contribution is 2.70. The third-order valence-electron chi connectivity index (χ3n) is 12.8. The van der Waals surface area contributed by atoms with Gasteiger partial charge in [0, 0.05) is 5.41 Å². The SMILES string of the molecule is c1ccc(-c2c3ccccc3c(-c3cccc4c3-c3cc5ccccc5cc3C43C4CC5CC(C4)CC3C5)c3ccccc23)cc1. The average Bonchev–Trinajstić information content (AvgIpc) is 3.38. The molecule has 46 heavy (non-hydrogen) atoms. The Morgan fingerprint density at radius 3 is 1.57 bits per heavy atom. The summed E-state index contributed by atoms with van der Waals surface area (Å²) in [6.45, 7) is 0. The lowest BCUT2D eigenvalue weighted by Gasteiger charge is -2.61. The monoisotopic (exact) mass is 588 g/mol. The third kappa shape index (κ3) is 3.20. The van der Waals surface area contributed by atoms with Gasteiger partial charge in [0.05, 0.1) is 0 Å². The first-order chi connectivity index (χ1) is 22.8. The number of fused-ring (bicyclic) bond motifs is 6. The Morgan fingerprint density at radius 1 is 0.391 bits per heavy atom. The van der Waals surface area contributed by atoms with E-state index in [9.17, 15) is 0 Å². The number of rotatable bonds is 2. The summed E-state index contributed by atoms with van der Waals surface area (Å²) < 4.78 is 0. The minimum absolute atomic E-state index is 0.133. The van der Waals surface area contributed by atoms with E-state index in [1.807, 2.05) is 0 Å². The molecule has 0 radical (unpaired) electrons. The van der Waals surface area contributed by atoms with E-state index in [0.29, 0.717) is 0 Å². The van der Waals surface area contributed by atoms with Gasteiger partial charge in [-0.05, 0) is 145 Å². The Balaban J connectivity index is 1.28. The zero-order valence-electron chi connectivity index (χ0n) is 26.0. The fraction of sp³-hybridized carbons (Fsp3) is 0.217. The maximum absolute atomic E-state index is 2.63. The molecule has 0 heterocycles. The Labute approximate surface area is 270 Å². The molecule has 5 aliphatic rings. The summed E-state index contributed by atoms with van der Waals surface area (Å²) in [5.74, 6) is 3.36. The van der Waals surface area contributed by atoms with Crippen molar-refractivity contribution in [1.29, 1.82) is 0 Å². The molecular weight excluding hydrogens is 553 g/mol. The molecule has 0 saturated heterocycles. The van der Waals surface area contributed by atoms with Crippen molar-refractivity contribution in [2.24, 2.45) is 23.7 Å². The first kappa shape index (κ1) is 25.5. The number of hydrogen-bond acceptors (Lipinski definition) is 0. The van der Waals surface area contributed by atoms with E-state index in [4.69, 9.17) is 0 Å². The predicted molar refractivity (Wildman–Crippen MR) is 193 cm³/mol. The van der Waals surface area contributed by atoms with Gasteiger partial charge in [-0.25, -0.2) is 0 Å². The smallest absolute Gasteiger partial charge is 0.0272 e. The predicted octanol–water partition coefficient (Wildman–Crippen LogP) is 12.2. The van der Waals surface area contributed by atoms with Crippen molar-refractivity contribution in [3.63, 3.8) is 0 Å². The van der Waals surface area contributed by atoms with E-state index in [-0.39, 0.29) is 5.41 Å². The molecule has 7 aromatic carbocycles. The van der Waals surface area contributed by atoms with Crippen LogP contribution in [0.3, 0.4) is 0 Å². The lowest BCUT2D eigenvalue weighted by atomic mass is 9.43. The van der Waals surface area contributed by atoms with E-state index < -0.39 is 0 Å². The van der Waals surface area contributed by atoms with Crippen molar-refractivity contribution >= 4 is 32.3 Å². The van der Waals surface area contributed by atoms with Gasteiger partial charge in [0.1, 0.15) is 0 Å². The van der Waals surface area contributed by atoms with Crippen LogP contribution in [0.4, 0.5) is 0 Å². The average molecular weight is 589 g/mol. The number of benzene rings is 7. The van der Waals surface area contributed by atoms with Gasteiger partial charge < -0.3 is 0 Å². The second-order valence-corrected chi connectivity index (χ2v) is 14.9. The number of hydrogen-bond donors (Lipinski definition) is 0. The molecule has 4 bridgehead atoms. The summed E-state index contributed by atoms with van der Waals surface area (Å²) in [4.78, 5) is 0. The van der Waals surface area contributed by atoms with Gasteiger partial charge in [-0.3, -0.25) is 0 Å². The van der Waals surface area contributed by atoms with Crippen LogP contribution in [-0.2, 0) is 5.41 Å². The van der Waals surface area contributed by atoms with Gasteiger partial charge in [0.2, 0.25) is 0 Å². The van der Waals surface area contributed by atoms with Crippen LogP contribution < -0.4 is 0 Å². The van der Waals surface area contributed by atoms with Gasteiger partial charge in [-0.15, -0.1) is 0 Å². The standard InChI is InChI=1S/C46H36/c1-2-11-30(12-3-1)43-35-15-6-8-17-37(35)44(38-18-9-7-16-36(38)43)39-19-10-20-41-45(39)40-26-31-13-4-5-14-32(31)27-42(40)46(41)33-22-28-21-29(24-33)25-34(46)23-28/h1-20,26-29,33-34H,21-25H2. The van der Waals surface area contributed by atoms with Crippen LogP contribution in [0.25, 0.3) is 65.7 Å². The van der Waals surface area contributed by atoms with Crippen molar-refractivity contribution in [1.82, 2.24) is 0 Å². The second-order valence-electron chi connectivity index (χ2n) is 14.9. The lowest BCUT2D eigenvalue weighted by Crippen LogP contribution is -2.55. The van der Waals surface area contributed by atoms with E-state index in [0.717, 1.165) is 23.7 Å². The van der Waals surface area contributed by atoms with Crippen molar-refractivity contribution in [2.45, 2.75) is 37.5 Å². The molecule has 4 fully saturated rings. The summed E-state index contributed by atoms with van der Waals surface area (Å²) >= 11 is 0. The molecule has 0 nitrogen and oxygen atoms in total. The summed E-state index contributed by atoms with van der Waals surface area (Å²) in [5, 5.41) is 8.12. The first-order valence-electron chi connectivity index (χ1n) is 17.5. The molecule has 0 heteroatoms. The largest absolute Gasteiger partial charge is 0.0622 e. The molecule has 4 saturated carbocycles. The van der Waals surface area contributed by atoms with E-state index in [1.165, 1.54) is 97.8 Å². The Bertz CT molecular complexity index is 2290. The molecule has 0 aliphatic heterocycles.